The van der Waals surface area contributed by atoms with Gasteiger partial charge in [0.05, 0.1) is 10.4 Å². The van der Waals surface area contributed by atoms with E-state index in [0.29, 0.717) is 33.0 Å². The van der Waals surface area contributed by atoms with Crippen LogP contribution in [-0.2, 0) is 9.13 Å². The van der Waals surface area contributed by atoms with Gasteiger partial charge in [-0.3, -0.25) is 0 Å². The Bertz CT molecular complexity index is 1650. The van der Waals surface area contributed by atoms with Gasteiger partial charge in [0.2, 0.25) is 5.75 Å². The van der Waals surface area contributed by atoms with E-state index in [1.54, 1.807) is 12.1 Å². The monoisotopic (exact) mass is 446 g/mol. The fourth-order valence-corrected chi connectivity index (χ4v) is 7.36. The maximum Gasteiger partial charge on any atom is 0.647 e. The summed E-state index contributed by atoms with van der Waals surface area (Å²) in [4.78, 5) is 0. The molecule has 4 aliphatic rings. The number of phosphoric acid groups is 2. The predicted octanol–water partition coefficient (Wildman–Crippen LogP) is 6.34. The zero-order chi connectivity index (χ0) is 19.3. The highest BCUT2D eigenvalue weighted by Crippen LogP contribution is 2.74. The Balaban J connectivity index is 1.69. The number of hydrogen-bond donors (Lipinski definition) is 0. The Morgan fingerprint density at radius 1 is 0.586 bits per heavy atom. The van der Waals surface area contributed by atoms with E-state index in [9.17, 15) is 9.13 Å². The highest BCUT2D eigenvalue weighted by atomic mass is 35.5. The number of fused-ring (bicyclic) bond motifs is 8. The molecule has 4 aliphatic heterocycles. The SMILES string of the molecule is O=P12Oc3c(c(c4c(ccc5c6cccc7c6c6c(c54)OP(=O)(O7)O6)c3Cl)O1)O2. The molecule has 4 bridgehead atoms. The van der Waals surface area contributed by atoms with Gasteiger partial charge >= 0.3 is 15.6 Å². The highest BCUT2D eigenvalue weighted by molar-refractivity contribution is 7.51. The van der Waals surface area contributed by atoms with Crippen LogP contribution in [0.15, 0.2) is 30.3 Å². The van der Waals surface area contributed by atoms with Crippen molar-refractivity contribution in [3.8, 4) is 34.5 Å². The average molecular weight is 447 g/mol. The molecule has 0 aliphatic carbocycles. The zero-order valence-corrected chi connectivity index (χ0v) is 16.5. The molecule has 4 aromatic rings. The summed E-state index contributed by atoms with van der Waals surface area (Å²) in [5, 5.41) is 4.21. The van der Waals surface area contributed by atoms with E-state index in [1.807, 2.05) is 18.2 Å². The fraction of sp³-hybridized carbons (Fsp3) is 0. The largest absolute Gasteiger partial charge is 0.647 e. The highest BCUT2D eigenvalue weighted by Gasteiger charge is 2.54. The van der Waals surface area contributed by atoms with Gasteiger partial charge in [0.25, 0.3) is 0 Å². The van der Waals surface area contributed by atoms with E-state index >= 15 is 0 Å². The quantitative estimate of drug-likeness (QED) is 0.228. The molecule has 8 rings (SSSR count). The minimum Gasteiger partial charge on any atom is -0.385 e. The normalized spacial score (nSPS) is 26.2. The molecule has 0 spiro atoms. The first kappa shape index (κ1) is 15.1. The van der Waals surface area contributed by atoms with Gasteiger partial charge in [-0.25, -0.2) is 0 Å². The Labute approximate surface area is 166 Å². The van der Waals surface area contributed by atoms with Gasteiger partial charge < -0.3 is 27.1 Å². The van der Waals surface area contributed by atoms with E-state index in [1.165, 1.54) is 0 Å². The first-order valence-electron chi connectivity index (χ1n) is 8.53. The molecule has 4 heterocycles. The van der Waals surface area contributed by atoms with Crippen molar-refractivity contribution in [2.45, 2.75) is 0 Å². The van der Waals surface area contributed by atoms with Crippen LogP contribution in [-0.4, -0.2) is 0 Å². The fourth-order valence-electron chi connectivity index (χ4n) is 4.43. The third-order valence-corrected chi connectivity index (χ3v) is 8.31. The third-order valence-electron chi connectivity index (χ3n) is 5.48. The lowest BCUT2D eigenvalue weighted by atomic mass is 9.94. The van der Waals surface area contributed by atoms with Crippen LogP contribution in [0.1, 0.15) is 0 Å². The first-order chi connectivity index (χ1) is 13.9. The Morgan fingerprint density at radius 3 is 1.93 bits per heavy atom. The van der Waals surface area contributed by atoms with E-state index < -0.39 is 15.6 Å². The van der Waals surface area contributed by atoms with Crippen molar-refractivity contribution >= 4 is 59.6 Å². The molecule has 4 aromatic carbocycles. The van der Waals surface area contributed by atoms with Crippen molar-refractivity contribution in [1.29, 1.82) is 0 Å². The first-order valence-corrected chi connectivity index (χ1v) is 11.8. The molecule has 0 radical (unpaired) electrons. The van der Waals surface area contributed by atoms with Crippen LogP contribution in [0.5, 0.6) is 34.5 Å². The number of benzene rings is 4. The molecule has 0 fully saturated rings. The predicted molar refractivity (Wildman–Crippen MR) is 103 cm³/mol. The lowest BCUT2D eigenvalue weighted by Gasteiger charge is -2.18. The van der Waals surface area contributed by atoms with Crippen LogP contribution < -0.4 is 27.1 Å². The van der Waals surface area contributed by atoms with Gasteiger partial charge in [0, 0.05) is 16.2 Å². The molecule has 0 amide bonds. The van der Waals surface area contributed by atoms with E-state index in [2.05, 4.69) is 0 Å². The standard InChI is InChI=1S/C18H5ClO8P2/c19-13-8-5-4-7-6-2-1-3-9-10(6)14-15(24-28(20,22-9)23-14)11(7)12(8)16-18-17(13)26-29(21,25-16)27-18/h1-5H. The smallest absolute Gasteiger partial charge is 0.385 e. The second kappa shape index (κ2) is 4.21. The van der Waals surface area contributed by atoms with Crippen LogP contribution in [0, 0.1) is 0 Å². The molecule has 0 aromatic heterocycles. The van der Waals surface area contributed by atoms with Crippen LogP contribution in [0.3, 0.4) is 0 Å². The molecule has 0 saturated carbocycles. The average Bonchev–Trinajstić information content (AvgIpc) is 3.31. The van der Waals surface area contributed by atoms with Crippen molar-refractivity contribution in [1.82, 2.24) is 0 Å². The van der Waals surface area contributed by atoms with E-state index in [4.69, 9.17) is 38.7 Å². The molecular formula is C18H5ClO8P2. The molecular weight excluding hydrogens is 442 g/mol. The van der Waals surface area contributed by atoms with Gasteiger partial charge in [0.15, 0.2) is 23.0 Å². The number of hydrogen-bond acceptors (Lipinski definition) is 8. The lowest BCUT2D eigenvalue weighted by Crippen LogP contribution is -2.03. The van der Waals surface area contributed by atoms with Gasteiger partial charge in [0.1, 0.15) is 5.75 Å². The second-order valence-corrected chi connectivity index (χ2v) is 10.3. The maximum absolute atomic E-state index is 12.9. The molecule has 11 heteroatoms. The summed E-state index contributed by atoms with van der Waals surface area (Å²) >= 11 is 6.54. The molecule has 0 saturated heterocycles. The summed E-state index contributed by atoms with van der Waals surface area (Å²) in [6, 6.07) is 9.12. The summed E-state index contributed by atoms with van der Waals surface area (Å²) < 4.78 is 58.4. The van der Waals surface area contributed by atoms with Gasteiger partial charge in [-0.1, -0.05) is 35.9 Å². The zero-order valence-electron chi connectivity index (χ0n) is 13.9. The van der Waals surface area contributed by atoms with Crippen molar-refractivity contribution in [2.75, 3.05) is 0 Å². The minimum absolute atomic E-state index is 0.189. The number of rotatable bonds is 0. The molecule has 142 valence electrons. The molecule has 29 heavy (non-hydrogen) atoms. The Hall–Kier alpha value is -2.79. The molecule has 8 nitrogen and oxygen atoms in total. The third kappa shape index (κ3) is 1.53. The Kier molecular flexibility index (Phi) is 2.20. The summed E-state index contributed by atoms with van der Waals surface area (Å²) in [6.07, 6.45) is 0. The van der Waals surface area contributed by atoms with Crippen molar-refractivity contribution in [3.05, 3.63) is 35.4 Å². The van der Waals surface area contributed by atoms with E-state index in [-0.39, 0.29) is 28.0 Å². The maximum atomic E-state index is 12.9. The summed E-state index contributed by atoms with van der Waals surface area (Å²) in [5.74, 6) is 1.68. The second-order valence-electron chi connectivity index (χ2n) is 6.99. The van der Waals surface area contributed by atoms with Crippen LogP contribution in [0.2, 0.25) is 5.02 Å². The van der Waals surface area contributed by atoms with Gasteiger partial charge in [-0.05, 0) is 16.8 Å². The topological polar surface area (TPSA) is 89.5 Å². The molecule has 0 N–H and O–H groups in total. The van der Waals surface area contributed by atoms with Crippen LogP contribution >= 0.6 is 27.2 Å². The lowest BCUT2D eigenvalue weighted by molar-refractivity contribution is 0.328. The summed E-state index contributed by atoms with van der Waals surface area (Å²) in [6.45, 7) is 0. The Morgan fingerprint density at radius 2 is 1.14 bits per heavy atom. The van der Waals surface area contributed by atoms with Crippen LogP contribution in [0.25, 0.3) is 32.3 Å². The number of phosphoric ester groups is 2. The van der Waals surface area contributed by atoms with Crippen LogP contribution in [0.4, 0.5) is 0 Å². The van der Waals surface area contributed by atoms with Crippen molar-refractivity contribution in [3.63, 3.8) is 0 Å². The summed E-state index contributed by atoms with van der Waals surface area (Å²) in [5.41, 5.74) is 0. The summed E-state index contributed by atoms with van der Waals surface area (Å²) in [7, 11) is -7.61. The molecule has 2 unspecified atom stereocenters. The van der Waals surface area contributed by atoms with E-state index in [0.717, 1.165) is 10.8 Å². The molecule has 2 atom stereocenters. The van der Waals surface area contributed by atoms with Gasteiger partial charge in [-0.15, -0.1) is 0 Å². The van der Waals surface area contributed by atoms with Crippen molar-refractivity contribution in [2.24, 2.45) is 0 Å². The van der Waals surface area contributed by atoms with Gasteiger partial charge in [-0.2, -0.15) is 9.13 Å². The number of halogens is 1. The van der Waals surface area contributed by atoms with Crippen molar-refractivity contribution < 1.29 is 36.3 Å². The minimum atomic E-state index is -3.83.